The van der Waals surface area contributed by atoms with Crippen molar-refractivity contribution in [3.63, 3.8) is 0 Å². The van der Waals surface area contributed by atoms with Crippen molar-refractivity contribution < 1.29 is 18.4 Å². The number of hydrogen-bond donors (Lipinski definition) is 2. The highest BCUT2D eigenvalue weighted by Gasteiger charge is 2.20. The number of imidazole rings is 1. The zero-order valence-electron chi connectivity index (χ0n) is 22.3. The summed E-state index contributed by atoms with van der Waals surface area (Å²) in [6.07, 6.45) is -1.42. The molecule has 0 atom stereocenters. The van der Waals surface area contributed by atoms with E-state index in [1.807, 2.05) is 24.3 Å². The van der Waals surface area contributed by atoms with Gasteiger partial charge in [0.05, 0.1) is 26.5 Å². The zero-order chi connectivity index (χ0) is 28.3. The number of hydrogen-bond acceptors (Lipinski definition) is 5. The number of nitrogens with one attached hydrogen (secondary N) is 2. The quantitative estimate of drug-likeness (QED) is 0.231. The average Bonchev–Trinajstić information content (AvgIpc) is 3.52. The minimum atomic E-state index is -2.65. The van der Waals surface area contributed by atoms with Crippen LogP contribution in [-0.2, 0) is 11.3 Å². The summed E-state index contributed by atoms with van der Waals surface area (Å²) in [6.45, 7) is 11.5. The molecule has 0 saturated carbocycles. The topological polar surface area (TPSA) is 79.3 Å². The van der Waals surface area contributed by atoms with Crippen molar-refractivity contribution in [2.45, 2.75) is 33.7 Å². The Morgan fingerprint density at radius 2 is 1.92 bits per heavy atom. The molecular formula is C29H31F2N5O2S. The maximum Gasteiger partial charge on any atom is 0.272 e. The molecule has 4 rings (SSSR count). The molecule has 0 fully saturated rings. The summed E-state index contributed by atoms with van der Waals surface area (Å²) in [5.74, 6) is -0.571. The molecule has 0 bridgehead atoms. The van der Waals surface area contributed by atoms with Crippen LogP contribution in [0.3, 0.4) is 0 Å². The Hall–Kier alpha value is -3.89. The molecule has 39 heavy (non-hydrogen) atoms. The number of anilines is 2. The van der Waals surface area contributed by atoms with Gasteiger partial charge in [-0.25, -0.2) is 13.8 Å². The summed E-state index contributed by atoms with van der Waals surface area (Å²) in [5.41, 5.74) is 3.84. The maximum atomic E-state index is 13.1. The third-order valence-electron chi connectivity index (χ3n) is 5.97. The summed E-state index contributed by atoms with van der Waals surface area (Å²) >= 11 is 0.741. The molecule has 0 radical (unpaired) electrons. The fourth-order valence-electron chi connectivity index (χ4n) is 4.02. The van der Waals surface area contributed by atoms with Crippen molar-refractivity contribution in [1.29, 1.82) is 0 Å². The van der Waals surface area contributed by atoms with Crippen LogP contribution in [-0.4, -0.2) is 35.0 Å². The van der Waals surface area contributed by atoms with E-state index in [1.54, 1.807) is 29.8 Å². The predicted molar refractivity (Wildman–Crippen MR) is 153 cm³/mol. The van der Waals surface area contributed by atoms with Crippen molar-refractivity contribution in [1.82, 2.24) is 14.9 Å². The highest BCUT2D eigenvalue weighted by atomic mass is 32.1. The fourth-order valence-corrected chi connectivity index (χ4v) is 4.78. The van der Waals surface area contributed by atoms with Gasteiger partial charge < -0.3 is 10.2 Å². The van der Waals surface area contributed by atoms with Gasteiger partial charge in [0.1, 0.15) is 0 Å². The number of thiophene rings is 1. The average molecular weight is 552 g/mol. The van der Waals surface area contributed by atoms with Crippen molar-refractivity contribution in [2.75, 3.05) is 23.8 Å². The monoisotopic (exact) mass is 551 g/mol. The molecule has 0 aliphatic rings. The summed E-state index contributed by atoms with van der Waals surface area (Å²) in [7, 11) is 1.64. The van der Waals surface area contributed by atoms with Gasteiger partial charge in [0.25, 0.3) is 12.3 Å². The van der Waals surface area contributed by atoms with Crippen LogP contribution in [0.4, 0.5) is 20.4 Å². The van der Waals surface area contributed by atoms with E-state index in [4.69, 9.17) is 4.98 Å². The Bertz CT molecular complexity index is 1520. The number of alkyl halides is 2. The molecule has 2 heterocycles. The van der Waals surface area contributed by atoms with E-state index in [9.17, 15) is 18.4 Å². The van der Waals surface area contributed by atoms with Gasteiger partial charge in [0.15, 0.2) is 0 Å². The van der Waals surface area contributed by atoms with Crippen molar-refractivity contribution in [3.05, 3.63) is 82.6 Å². The Morgan fingerprint density at radius 1 is 1.15 bits per heavy atom. The first-order valence-electron chi connectivity index (χ1n) is 12.4. The second-order valence-electron chi connectivity index (χ2n) is 10.3. The second-order valence-corrected chi connectivity index (χ2v) is 11.5. The molecule has 2 N–H and O–H groups in total. The van der Waals surface area contributed by atoms with Crippen LogP contribution >= 0.6 is 11.3 Å². The SMILES string of the molecule is C=CC(=O)N(C)c1cccc(-n2c(NC(=O)c3ccc(C(F)F)s3)nc3cc(CNCC(C)(C)C)ccc32)c1. The number of nitrogens with zero attached hydrogens (tertiary/aromatic N) is 3. The number of amides is 2. The van der Waals surface area contributed by atoms with Crippen LogP contribution in [0.15, 0.2) is 67.3 Å². The fraction of sp³-hybridized carbons (Fsp3) is 0.276. The molecule has 7 nitrogen and oxygen atoms in total. The molecule has 0 saturated heterocycles. The summed E-state index contributed by atoms with van der Waals surface area (Å²) in [6, 6.07) is 15.7. The van der Waals surface area contributed by atoms with Crippen molar-refractivity contribution in [3.8, 4) is 5.69 Å². The molecule has 2 amide bonds. The van der Waals surface area contributed by atoms with Gasteiger partial charge in [-0.1, -0.05) is 39.5 Å². The van der Waals surface area contributed by atoms with E-state index < -0.39 is 12.3 Å². The van der Waals surface area contributed by atoms with E-state index in [0.29, 0.717) is 23.4 Å². The van der Waals surface area contributed by atoms with Gasteiger partial charge in [0.2, 0.25) is 11.9 Å². The third kappa shape index (κ3) is 6.58. The molecule has 4 aromatic rings. The predicted octanol–water partition coefficient (Wildman–Crippen LogP) is 6.56. The zero-order valence-corrected chi connectivity index (χ0v) is 23.1. The maximum absolute atomic E-state index is 13.1. The van der Waals surface area contributed by atoms with Crippen molar-refractivity contribution in [2.24, 2.45) is 5.41 Å². The minimum absolute atomic E-state index is 0.139. The normalized spacial score (nSPS) is 11.7. The number of carbonyl (C=O) groups excluding carboxylic acids is 2. The van der Waals surface area contributed by atoms with Crippen molar-refractivity contribution >= 4 is 45.8 Å². The molecule has 2 aromatic carbocycles. The van der Waals surface area contributed by atoms with Crippen LogP contribution < -0.4 is 15.5 Å². The van der Waals surface area contributed by atoms with Gasteiger partial charge in [0, 0.05) is 25.8 Å². The smallest absolute Gasteiger partial charge is 0.272 e. The van der Waals surface area contributed by atoms with E-state index >= 15 is 0 Å². The lowest BCUT2D eigenvalue weighted by atomic mass is 9.97. The second kappa shape index (κ2) is 11.5. The standard InChI is InChI=1S/C29H31F2N5O2S/c1-6-25(37)35(5)19-8-7-9-20(15-19)36-22-11-10-18(16-32-17-29(2,3)4)14-21(22)33-28(36)34-27(38)24-13-12-23(39-24)26(30)31/h6-15,26,32H,1,16-17H2,2-5H3,(H,33,34,38). The molecule has 0 unspecified atom stereocenters. The molecular weight excluding hydrogens is 520 g/mol. The van der Waals surface area contributed by atoms with E-state index in [1.165, 1.54) is 23.1 Å². The molecule has 10 heteroatoms. The number of halogens is 2. The Balaban J connectivity index is 1.75. The number of rotatable bonds is 9. The van der Waals surface area contributed by atoms with Crippen LogP contribution in [0.5, 0.6) is 0 Å². The molecule has 0 aliphatic heterocycles. The van der Waals surface area contributed by atoms with Crippen LogP contribution in [0.25, 0.3) is 16.7 Å². The molecule has 0 aliphatic carbocycles. The largest absolute Gasteiger partial charge is 0.312 e. The van der Waals surface area contributed by atoms with Crippen LogP contribution in [0, 0.1) is 5.41 Å². The number of carbonyl (C=O) groups is 2. The lowest BCUT2D eigenvalue weighted by molar-refractivity contribution is -0.113. The Morgan fingerprint density at radius 3 is 2.59 bits per heavy atom. The lowest BCUT2D eigenvalue weighted by Crippen LogP contribution is -2.26. The minimum Gasteiger partial charge on any atom is -0.312 e. The highest BCUT2D eigenvalue weighted by molar-refractivity contribution is 7.14. The van der Waals surface area contributed by atoms with Crippen LogP contribution in [0.1, 0.15) is 47.3 Å². The Kier molecular flexibility index (Phi) is 8.27. The first-order chi connectivity index (χ1) is 18.5. The van der Waals surface area contributed by atoms with E-state index in [2.05, 4.69) is 38.0 Å². The first-order valence-corrected chi connectivity index (χ1v) is 13.2. The van der Waals surface area contributed by atoms with Crippen LogP contribution in [0.2, 0.25) is 0 Å². The first kappa shape index (κ1) is 28.1. The number of aromatic nitrogens is 2. The summed E-state index contributed by atoms with van der Waals surface area (Å²) in [5, 5.41) is 6.25. The molecule has 204 valence electrons. The number of benzene rings is 2. The van der Waals surface area contributed by atoms with Gasteiger partial charge in [-0.15, -0.1) is 11.3 Å². The third-order valence-corrected chi connectivity index (χ3v) is 7.07. The number of likely N-dealkylation sites (N-methyl/N-ethyl adjacent to an activating group) is 1. The summed E-state index contributed by atoms with van der Waals surface area (Å²) in [4.78, 5) is 31.4. The highest BCUT2D eigenvalue weighted by Crippen LogP contribution is 2.30. The van der Waals surface area contributed by atoms with Gasteiger partial charge in [-0.3, -0.25) is 19.5 Å². The Labute approximate surface area is 230 Å². The number of fused-ring (bicyclic) bond motifs is 1. The van der Waals surface area contributed by atoms with Gasteiger partial charge in [-0.05, 0) is 59.5 Å². The molecule has 0 spiro atoms. The molecule has 2 aromatic heterocycles. The van der Waals surface area contributed by atoms with Gasteiger partial charge in [-0.2, -0.15) is 0 Å². The lowest BCUT2D eigenvalue weighted by Gasteiger charge is -2.18. The van der Waals surface area contributed by atoms with E-state index in [0.717, 1.165) is 29.0 Å². The van der Waals surface area contributed by atoms with Gasteiger partial charge >= 0.3 is 0 Å². The summed E-state index contributed by atoms with van der Waals surface area (Å²) < 4.78 is 28.0. The van der Waals surface area contributed by atoms with E-state index in [-0.39, 0.29) is 27.0 Å².